The average Bonchev–Trinajstić information content (AvgIpc) is 2.14. The number of carbonyl (C=O) groups is 2. The van der Waals surface area contributed by atoms with Crippen molar-refractivity contribution in [2.45, 2.75) is 18.9 Å². The maximum atomic E-state index is 11.1. The Labute approximate surface area is 82.3 Å². The standard InChI is InChI=1S/C8H16N2O4/c1-9-4-2-7(12)10-6(3-5-11)8(13)14/h6,9,11H,2-5H2,1H3,(H,10,12)(H,13,14)/t6-/m1/s1. The molecule has 4 N–H and O–H groups in total. The molecule has 0 aliphatic carbocycles. The maximum Gasteiger partial charge on any atom is 0.326 e. The Kier molecular flexibility index (Phi) is 6.69. The molecule has 0 aromatic rings. The summed E-state index contributed by atoms with van der Waals surface area (Å²) in [7, 11) is 1.70. The van der Waals surface area contributed by atoms with E-state index in [-0.39, 0.29) is 25.4 Å². The minimum atomic E-state index is -1.13. The molecular formula is C8H16N2O4. The molecule has 0 fully saturated rings. The van der Waals surface area contributed by atoms with Crippen LogP contribution in [0, 0.1) is 0 Å². The van der Waals surface area contributed by atoms with Crippen LogP contribution in [-0.2, 0) is 9.59 Å². The number of aliphatic hydroxyl groups is 1. The van der Waals surface area contributed by atoms with Gasteiger partial charge >= 0.3 is 5.97 Å². The first-order chi connectivity index (χ1) is 6.61. The van der Waals surface area contributed by atoms with Crippen LogP contribution < -0.4 is 10.6 Å². The fraction of sp³-hybridized carbons (Fsp3) is 0.750. The lowest BCUT2D eigenvalue weighted by Gasteiger charge is -2.12. The molecule has 0 saturated heterocycles. The monoisotopic (exact) mass is 204 g/mol. The van der Waals surface area contributed by atoms with Crippen LogP contribution in [0.15, 0.2) is 0 Å². The van der Waals surface area contributed by atoms with Gasteiger partial charge in [0.15, 0.2) is 0 Å². The summed E-state index contributed by atoms with van der Waals surface area (Å²) in [6.45, 7) is 0.237. The van der Waals surface area contributed by atoms with Crippen molar-refractivity contribution in [1.29, 1.82) is 0 Å². The van der Waals surface area contributed by atoms with Gasteiger partial charge in [0.05, 0.1) is 0 Å². The zero-order valence-electron chi connectivity index (χ0n) is 8.12. The van der Waals surface area contributed by atoms with Crippen LogP contribution >= 0.6 is 0 Å². The summed E-state index contributed by atoms with van der Waals surface area (Å²) >= 11 is 0. The molecule has 0 spiro atoms. The van der Waals surface area contributed by atoms with Crippen molar-refractivity contribution in [1.82, 2.24) is 10.6 Å². The summed E-state index contributed by atoms with van der Waals surface area (Å²) in [4.78, 5) is 21.7. The van der Waals surface area contributed by atoms with Gasteiger partial charge in [-0.1, -0.05) is 0 Å². The number of carboxylic acid groups (broad SMARTS) is 1. The molecular weight excluding hydrogens is 188 g/mol. The number of carboxylic acids is 1. The Morgan fingerprint density at radius 1 is 1.43 bits per heavy atom. The molecule has 0 rings (SSSR count). The minimum absolute atomic E-state index is 0.0284. The van der Waals surface area contributed by atoms with Crippen LogP contribution in [0.1, 0.15) is 12.8 Å². The Bertz CT molecular complexity index is 196. The highest BCUT2D eigenvalue weighted by atomic mass is 16.4. The average molecular weight is 204 g/mol. The van der Waals surface area contributed by atoms with E-state index < -0.39 is 12.0 Å². The minimum Gasteiger partial charge on any atom is -0.480 e. The predicted octanol–water partition coefficient (Wildman–Crippen LogP) is -1.45. The van der Waals surface area contributed by atoms with Gasteiger partial charge in [-0.2, -0.15) is 0 Å². The fourth-order valence-electron chi connectivity index (χ4n) is 0.892. The number of rotatable bonds is 7. The molecule has 1 amide bonds. The van der Waals surface area contributed by atoms with Gasteiger partial charge in [0.1, 0.15) is 6.04 Å². The SMILES string of the molecule is CNCCC(=O)N[C@H](CCO)C(=O)O. The third kappa shape index (κ3) is 5.50. The van der Waals surface area contributed by atoms with Crippen LogP contribution in [0.3, 0.4) is 0 Å². The number of amides is 1. The van der Waals surface area contributed by atoms with Crippen LogP contribution in [-0.4, -0.2) is 48.3 Å². The third-order valence-corrected chi connectivity index (χ3v) is 1.65. The molecule has 6 heteroatoms. The van der Waals surface area contributed by atoms with Gasteiger partial charge < -0.3 is 20.8 Å². The summed E-state index contributed by atoms with van der Waals surface area (Å²) in [6.07, 6.45) is 0.256. The first-order valence-corrected chi connectivity index (χ1v) is 4.39. The van der Waals surface area contributed by atoms with E-state index in [1.807, 2.05) is 0 Å². The summed E-state index contributed by atoms with van der Waals surface area (Å²) < 4.78 is 0. The van der Waals surface area contributed by atoms with Crippen molar-refractivity contribution < 1.29 is 19.8 Å². The van der Waals surface area contributed by atoms with Gasteiger partial charge in [0.2, 0.25) is 5.91 Å². The highest BCUT2D eigenvalue weighted by molar-refractivity contribution is 5.83. The molecule has 0 aromatic carbocycles. The van der Waals surface area contributed by atoms with Crippen LogP contribution in [0.2, 0.25) is 0 Å². The number of hydrogen-bond acceptors (Lipinski definition) is 4. The van der Waals surface area contributed by atoms with Crippen molar-refractivity contribution in [3.63, 3.8) is 0 Å². The van der Waals surface area contributed by atoms with Gasteiger partial charge in [-0.05, 0) is 7.05 Å². The summed E-state index contributed by atoms with van der Waals surface area (Å²) in [6, 6.07) is -0.996. The lowest BCUT2D eigenvalue weighted by Crippen LogP contribution is -2.42. The molecule has 0 aliphatic heterocycles. The van der Waals surface area contributed by atoms with Crippen LogP contribution in [0.25, 0.3) is 0 Å². The van der Waals surface area contributed by atoms with E-state index in [2.05, 4.69) is 10.6 Å². The highest BCUT2D eigenvalue weighted by Crippen LogP contribution is 1.92. The first-order valence-electron chi connectivity index (χ1n) is 4.39. The summed E-state index contributed by atoms with van der Waals surface area (Å²) in [5.41, 5.74) is 0. The zero-order valence-corrected chi connectivity index (χ0v) is 8.12. The molecule has 0 aromatic heterocycles. The molecule has 6 nitrogen and oxygen atoms in total. The van der Waals surface area contributed by atoms with Gasteiger partial charge in [-0.25, -0.2) is 4.79 Å². The number of aliphatic hydroxyl groups excluding tert-OH is 1. The van der Waals surface area contributed by atoms with E-state index >= 15 is 0 Å². The van der Waals surface area contributed by atoms with Crippen molar-refractivity contribution in [2.75, 3.05) is 20.2 Å². The Morgan fingerprint density at radius 2 is 2.07 bits per heavy atom. The van der Waals surface area contributed by atoms with Crippen molar-refractivity contribution in [2.24, 2.45) is 0 Å². The van der Waals surface area contributed by atoms with E-state index in [0.29, 0.717) is 6.54 Å². The second kappa shape index (κ2) is 7.28. The molecule has 1 atom stereocenters. The van der Waals surface area contributed by atoms with Gasteiger partial charge in [-0.15, -0.1) is 0 Å². The van der Waals surface area contributed by atoms with E-state index in [1.165, 1.54) is 0 Å². The van der Waals surface area contributed by atoms with Gasteiger partial charge in [-0.3, -0.25) is 4.79 Å². The molecule has 0 heterocycles. The topological polar surface area (TPSA) is 98.7 Å². The Balaban J connectivity index is 3.90. The summed E-state index contributed by atoms with van der Waals surface area (Å²) in [5, 5.41) is 22.3. The molecule has 0 unspecified atom stereocenters. The summed E-state index contributed by atoms with van der Waals surface area (Å²) in [5.74, 6) is -1.46. The second-order valence-corrected chi connectivity index (χ2v) is 2.82. The van der Waals surface area contributed by atoms with E-state index in [0.717, 1.165) is 0 Å². The van der Waals surface area contributed by atoms with Crippen LogP contribution in [0.4, 0.5) is 0 Å². The predicted molar refractivity (Wildman–Crippen MR) is 49.8 cm³/mol. The van der Waals surface area contributed by atoms with Crippen molar-refractivity contribution in [3.8, 4) is 0 Å². The molecule has 0 saturated carbocycles. The van der Waals surface area contributed by atoms with Crippen molar-refractivity contribution in [3.05, 3.63) is 0 Å². The first kappa shape index (κ1) is 12.9. The number of carbonyl (C=O) groups excluding carboxylic acids is 1. The highest BCUT2D eigenvalue weighted by Gasteiger charge is 2.18. The van der Waals surface area contributed by atoms with Gasteiger partial charge in [0.25, 0.3) is 0 Å². The van der Waals surface area contributed by atoms with Crippen molar-refractivity contribution >= 4 is 11.9 Å². The molecule has 0 radical (unpaired) electrons. The Hall–Kier alpha value is -1.14. The second-order valence-electron chi connectivity index (χ2n) is 2.82. The Morgan fingerprint density at radius 3 is 2.50 bits per heavy atom. The lowest BCUT2D eigenvalue weighted by molar-refractivity contribution is -0.142. The number of nitrogens with one attached hydrogen (secondary N) is 2. The third-order valence-electron chi connectivity index (χ3n) is 1.65. The maximum absolute atomic E-state index is 11.1. The fourth-order valence-corrected chi connectivity index (χ4v) is 0.892. The van der Waals surface area contributed by atoms with E-state index in [1.54, 1.807) is 7.05 Å². The quantitative estimate of drug-likeness (QED) is 0.406. The lowest BCUT2D eigenvalue weighted by atomic mass is 10.2. The van der Waals surface area contributed by atoms with Crippen LogP contribution in [0.5, 0.6) is 0 Å². The number of hydrogen-bond donors (Lipinski definition) is 4. The molecule has 82 valence electrons. The number of aliphatic carboxylic acids is 1. The molecule has 14 heavy (non-hydrogen) atoms. The molecule has 0 bridgehead atoms. The zero-order chi connectivity index (χ0) is 11.0. The van der Waals surface area contributed by atoms with Gasteiger partial charge in [0, 0.05) is 26.0 Å². The molecule has 0 aliphatic rings. The van der Waals surface area contributed by atoms with E-state index in [9.17, 15) is 9.59 Å². The van der Waals surface area contributed by atoms with E-state index in [4.69, 9.17) is 10.2 Å². The largest absolute Gasteiger partial charge is 0.480 e. The smallest absolute Gasteiger partial charge is 0.326 e. The normalized spacial score (nSPS) is 12.1.